The van der Waals surface area contributed by atoms with E-state index in [1.807, 2.05) is 0 Å². The summed E-state index contributed by atoms with van der Waals surface area (Å²) in [6.07, 6.45) is 5.13. The van der Waals surface area contributed by atoms with Gasteiger partial charge in [-0.05, 0) is 30.7 Å². The van der Waals surface area contributed by atoms with Crippen molar-refractivity contribution in [2.45, 2.75) is 46.5 Å². The zero-order valence-corrected chi connectivity index (χ0v) is 10.6. The van der Waals surface area contributed by atoms with Gasteiger partial charge in [-0.1, -0.05) is 33.6 Å². The van der Waals surface area contributed by atoms with Crippen molar-refractivity contribution in [1.82, 2.24) is 5.32 Å². The number of nitrogens with one attached hydrogen (secondary N) is 1. The van der Waals surface area contributed by atoms with Gasteiger partial charge in [0.15, 0.2) is 0 Å². The first-order valence-corrected chi connectivity index (χ1v) is 6.53. The molecule has 0 aliphatic carbocycles. The van der Waals surface area contributed by atoms with E-state index < -0.39 is 0 Å². The number of hydrogen-bond acceptors (Lipinski definition) is 2. The van der Waals surface area contributed by atoms with E-state index >= 15 is 0 Å². The average molecular weight is 213 g/mol. The van der Waals surface area contributed by atoms with E-state index in [-0.39, 0.29) is 0 Å². The second-order valence-electron chi connectivity index (χ2n) is 4.94. The molecule has 1 rings (SSSR count). The van der Waals surface area contributed by atoms with Crippen LogP contribution in [0.3, 0.4) is 0 Å². The average Bonchev–Trinajstić information content (AvgIpc) is 2.28. The third kappa shape index (κ3) is 3.46. The van der Waals surface area contributed by atoms with Gasteiger partial charge in [-0.25, -0.2) is 0 Å². The Kier molecular flexibility index (Phi) is 5.62. The summed E-state index contributed by atoms with van der Waals surface area (Å²) in [5, 5.41) is 3.54. The fourth-order valence-corrected chi connectivity index (χ4v) is 2.73. The van der Waals surface area contributed by atoms with Gasteiger partial charge in [0.1, 0.15) is 0 Å². The number of ether oxygens (including phenoxy) is 1. The highest BCUT2D eigenvalue weighted by atomic mass is 16.5. The van der Waals surface area contributed by atoms with E-state index in [0.717, 1.165) is 25.7 Å². The van der Waals surface area contributed by atoms with Crippen LogP contribution in [0.1, 0.15) is 46.5 Å². The van der Waals surface area contributed by atoms with E-state index in [1.54, 1.807) is 0 Å². The van der Waals surface area contributed by atoms with Crippen LogP contribution in [0.5, 0.6) is 0 Å². The fraction of sp³-hybridized carbons (Fsp3) is 1.00. The van der Waals surface area contributed by atoms with Gasteiger partial charge in [0, 0.05) is 19.8 Å². The van der Waals surface area contributed by atoms with Crippen molar-refractivity contribution in [3.63, 3.8) is 0 Å². The maximum absolute atomic E-state index is 5.51. The molecular formula is C13H27NO. The minimum absolute atomic E-state index is 0.504. The zero-order chi connectivity index (χ0) is 11.1. The van der Waals surface area contributed by atoms with Crippen LogP contribution < -0.4 is 5.32 Å². The molecule has 1 heterocycles. The molecule has 1 unspecified atom stereocenters. The predicted molar refractivity (Wildman–Crippen MR) is 65.1 cm³/mol. The Morgan fingerprint density at radius 3 is 2.47 bits per heavy atom. The molecular weight excluding hydrogens is 186 g/mol. The summed E-state index contributed by atoms with van der Waals surface area (Å²) in [6.45, 7) is 11.1. The third-order valence-electron chi connectivity index (χ3n) is 3.98. The molecule has 2 heteroatoms. The Balaban J connectivity index is 2.56. The summed E-state index contributed by atoms with van der Waals surface area (Å²) >= 11 is 0. The topological polar surface area (TPSA) is 21.3 Å². The van der Waals surface area contributed by atoms with Crippen molar-refractivity contribution in [3.05, 3.63) is 0 Å². The molecule has 0 radical (unpaired) electrons. The molecule has 1 aliphatic heterocycles. The second-order valence-corrected chi connectivity index (χ2v) is 4.94. The highest BCUT2D eigenvalue weighted by molar-refractivity contribution is 4.88. The lowest BCUT2D eigenvalue weighted by Gasteiger charge is -2.42. The number of rotatable bonds is 6. The van der Waals surface area contributed by atoms with Crippen molar-refractivity contribution in [3.8, 4) is 0 Å². The molecule has 1 fully saturated rings. The van der Waals surface area contributed by atoms with Crippen LogP contribution in [-0.4, -0.2) is 26.3 Å². The molecule has 1 aliphatic rings. The molecule has 0 aromatic carbocycles. The molecule has 0 amide bonds. The molecule has 0 aromatic heterocycles. The van der Waals surface area contributed by atoms with Gasteiger partial charge in [-0.2, -0.15) is 0 Å². The molecule has 1 saturated heterocycles. The zero-order valence-electron chi connectivity index (χ0n) is 10.6. The molecule has 2 nitrogen and oxygen atoms in total. The van der Waals surface area contributed by atoms with Gasteiger partial charge in [0.25, 0.3) is 0 Å². The van der Waals surface area contributed by atoms with Gasteiger partial charge >= 0.3 is 0 Å². The number of hydrogen-bond donors (Lipinski definition) is 1. The monoisotopic (exact) mass is 213 g/mol. The van der Waals surface area contributed by atoms with Crippen LogP contribution in [0.15, 0.2) is 0 Å². The Labute approximate surface area is 94.8 Å². The Morgan fingerprint density at radius 1 is 1.27 bits per heavy atom. The summed E-state index contributed by atoms with van der Waals surface area (Å²) in [5.41, 5.74) is 0.504. The van der Waals surface area contributed by atoms with Crippen LogP contribution in [0.25, 0.3) is 0 Å². The fourth-order valence-electron chi connectivity index (χ4n) is 2.73. The van der Waals surface area contributed by atoms with Gasteiger partial charge in [0.05, 0.1) is 0 Å². The highest BCUT2D eigenvalue weighted by Crippen LogP contribution is 2.39. The van der Waals surface area contributed by atoms with Gasteiger partial charge in [-0.15, -0.1) is 0 Å². The molecule has 1 atom stereocenters. The van der Waals surface area contributed by atoms with Crippen LogP contribution in [-0.2, 0) is 4.74 Å². The lowest BCUT2D eigenvalue weighted by Crippen LogP contribution is -2.43. The smallest absolute Gasteiger partial charge is 0.0471 e. The Morgan fingerprint density at radius 2 is 1.93 bits per heavy atom. The van der Waals surface area contributed by atoms with E-state index in [4.69, 9.17) is 4.74 Å². The summed E-state index contributed by atoms with van der Waals surface area (Å²) in [4.78, 5) is 0. The SMILES string of the molecule is CCCC(C)C1(CNCC)CCOCC1. The first kappa shape index (κ1) is 13.0. The van der Waals surface area contributed by atoms with E-state index in [2.05, 4.69) is 26.1 Å². The van der Waals surface area contributed by atoms with Crippen LogP contribution >= 0.6 is 0 Å². The Bertz CT molecular complexity index is 164. The largest absolute Gasteiger partial charge is 0.381 e. The van der Waals surface area contributed by atoms with Gasteiger partial charge in [-0.3, -0.25) is 0 Å². The molecule has 90 valence electrons. The maximum Gasteiger partial charge on any atom is 0.0471 e. The summed E-state index contributed by atoms with van der Waals surface area (Å²) in [5.74, 6) is 0.824. The third-order valence-corrected chi connectivity index (χ3v) is 3.98. The van der Waals surface area contributed by atoms with E-state index in [9.17, 15) is 0 Å². The Hall–Kier alpha value is -0.0800. The minimum Gasteiger partial charge on any atom is -0.381 e. The lowest BCUT2D eigenvalue weighted by molar-refractivity contribution is -0.0159. The molecule has 0 bridgehead atoms. The predicted octanol–water partition coefficient (Wildman–Crippen LogP) is 2.83. The van der Waals surface area contributed by atoms with Crippen molar-refractivity contribution >= 4 is 0 Å². The molecule has 1 N–H and O–H groups in total. The molecule has 15 heavy (non-hydrogen) atoms. The van der Waals surface area contributed by atoms with Crippen molar-refractivity contribution in [1.29, 1.82) is 0 Å². The van der Waals surface area contributed by atoms with Crippen LogP contribution in [0, 0.1) is 11.3 Å². The minimum atomic E-state index is 0.504. The summed E-state index contributed by atoms with van der Waals surface area (Å²) < 4.78 is 5.51. The first-order valence-electron chi connectivity index (χ1n) is 6.53. The molecule has 0 saturated carbocycles. The quantitative estimate of drug-likeness (QED) is 0.732. The molecule has 0 spiro atoms. The van der Waals surface area contributed by atoms with E-state index in [0.29, 0.717) is 5.41 Å². The van der Waals surface area contributed by atoms with Crippen molar-refractivity contribution in [2.24, 2.45) is 11.3 Å². The summed E-state index contributed by atoms with van der Waals surface area (Å²) in [6, 6.07) is 0. The highest BCUT2D eigenvalue weighted by Gasteiger charge is 2.36. The molecule has 0 aromatic rings. The van der Waals surface area contributed by atoms with Gasteiger partial charge in [0.2, 0.25) is 0 Å². The van der Waals surface area contributed by atoms with Crippen LogP contribution in [0.2, 0.25) is 0 Å². The summed E-state index contributed by atoms with van der Waals surface area (Å²) in [7, 11) is 0. The first-order chi connectivity index (χ1) is 7.25. The van der Waals surface area contributed by atoms with Crippen molar-refractivity contribution < 1.29 is 4.74 Å². The normalized spacial score (nSPS) is 22.6. The second kappa shape index (κ2) is 6.49. The maximum atomic E-state index is 5.51. The van der Waals surface area contributed by atoms with Gasteiger partial charge < -0.3 is 10.1 Å². The van der Waals surface area contributed by atoms with Crippen LogP contribution in [0.4, 0.5) is 0 Å². The van der Waals surface area contributed by atoms with Crippen molar-refractivity contribution in [2.75, 3.05) is 26.3 Å². The van der Waals surface area contributed by atoms with E-state index in [1.165, 1.54) is 32.2 Å². The standard InChI is InChI=1S/C13H27NO/c1-4-6-12(3)13(11-14-5-2)7-9-15-10-8-13/h12,14H,4-11H2,1-3H3. The lowest BCUT2D eigenvalue weighted by atomic mass is 9.69.